The molecule has 0 aromatic heterocycles. The standard InChI is InChI=1S/C15H13F3N2O4S/c1-19-25(22,23)13-7-2-4-10(8-13)14(21)20-11-5-3-6-12(9-11)24-15(16,17)18/h2-9,19H,1H3,(H,20,21). The maximum Gasteiger partial charge on any atom is 0.573 e. The van der Waals surface area contributed by atoms with E-state index >= 15 is 0 Å². The molecule has 1 amide bonds. The molecule has 2 aromatic rings. The Labute approximate surface area is 141 Å². The molecule has 0 unspecified atom stereocenters. The monoisotopic (exact) mass is 374 g/mol. The SMILES string of the molecule is CNS(=O)(=O)c1cccc(C(=O)Nc2cccc(OC(F)(F)F)c2)c1. The van der Waals surface area contributed by atoms with Crippen LogP contribution in [0.25, 0.3) is 0 Å². The highest BCUT2D eigenvalue weighted by molar-refractivity contribution is 7.89. The number of benzene rings is 2. The third-order valence-electron chi connectivity index (χ3n) is 3.00. The number of halogens is 3. The molecule has 0 fully saturated rings. The number of carbonyl (C=O) groups is 1. The molecule has 0 atom stereocenters. The van der Waals surface area contributed by atoms with E-state index in [9.17, 15) is 26.4 Å². The number of hydrogen-bond donors (Lipinski definition) is 2. The predicted molar refractivity (Wildman–Crippen MR) is 83.8 cm³/mol. The molecule has 0 radical (unpaired) electrons. The zero-order chi connectivity index (χ0) is 18.7. The summed E-state index contributed by atoms with van der Waals surface area (Å²) in [5.74, 6) is -1.17. The van der Waals surface area contributed by atoms with Crippen molar-refractivity contribution >= 4 is 21.6 Å². The fourth-order valence-electron chi connectivity index (χ4n) is 1.90. The second kappa shape index (κ2) is 7.11. The Morgan fingerprint density at radius 2 is 1.76 bits per heavy atom. The van der Waals surface area contributed by atoms with Crippen molar-refractivity contribution in [3.63, 3.8) is 0 Å². The van der Waals surface area contributed by atoms with Crippen LogP contribution in [0.1, 0.15) is 10.4 Å². The molecule has 2 N–H and O–H groups in total. The van der Waals surface area contributed by atoms with Gasteiger partial charge in [-0.3, -0.25) is 4.79 Å². The van der Waals surface area contributed by atoms with Gasteiger partial charge in [-0.25, -0.2) is 13.1 Å². The minimum absolute atomic E-state index is 0.0264. The van der Waals surface area contributed by atoms with Gasteiger partial charge in [0.25, 0.3) is 5.91 Å². The van der Waals surface area contributed by atoms with Crippen molar-refractivity contribution in [3.05, 3.63) is 54.1 Å². The Bertz CT molecular complexity index is 882. The minimum Gasteiger partial charge on any atom is -0.406 e. The summed E-state index contributed by atoms with van der Waals surface area (Å²) >= 11 is 0. The highest BCUT2D eigenvalue weighted by Gasteiger charge is 2.31. The van der Waals surface area contributed by atoms with E-state index in [4.69, 9.17) is 0 Å². The smallest absolute Gasteiger partial charge is 0.406 e. The van der Waals surface area contributed by atoms with Crippen molar-refractivity contribution in [2.45, 2.75) is 11.3 Å². The van der Waals surface area contributed by atoms with Gasteiger partial charge in [-0.2, -0.15) is 0 Å². The van der Waals surface area contributed by atoms with Crippen molar-refractivity contribution in [3.8, 4) is 5.75 Å². The zero-order valence-corrected chi connectivity index (χ0v) is 13.6. The first-order chi connectivity index (χ1) is 11.6. The van der Waals surface area contributed by atoms with Crippen LogP contribution in [0.4, 0.5) is 18.9 Å². The molecule has 0 saturated heterocycles. The Kier molecular flexibility index (Phi) is 5.33. The molecule has 0 heterocycles. The summed E-state index contributed by atoms with van der Waals surface area (Å²) in [4.78, 5) is 12.1. The normalized spacial score (nSPS) is 11.8. The van der Waals surface area contributed by atoms with Crippen LogP contribution in [0.3, 0.4) is 0 Å². The summed E-state index contributed by atoms with van der Waals surface area (Å²) in [6.45, 7) is 0. The van der Waals surface area contributed by atoms with Crippen LogP contribution in [0.5, 0.6) is 5.75 Å². The van der Waals surface area contributed by atoms with Gasteiger partial charge in [0.2, 0.25) is 10.0 Å². The molecular weight excluding hydrogens is 361 g/mol. The van der Waals surface area contributed by atoms with E-state index in [-0.39, 0.29) is 16.1 Å². The third kappa shape index (κ3) is 5.19. The van der Waals surface area contributed by atoms with E-state index in [1.807, 2.05) is 0 Å². The Morgan fingerprint density at radius 3 is 2.40 bits per heavy atom. The lowest BCUT2D eigenvalue weighted by atomic mass is 10.2. The lowest BCUT2D eigenvalue weighted by Gasteiger charge is -2.11. The molecule has 2 rings (SSSR count). The molecule has 0 bridgehead atoms. The van der Waals surface area contributed by atoms with Crippen molar-refractivity contribution in [1.29, 1.82) is 0 Å². The van der Waals surface area contributed by atoms with Gasteiger partial charge in [0.05, 0.1) is 4.90 Å². The third-order valence-corrected chi connectivity index (χ3v) is 4.41. The lowest BCUT2D eigenvalue weighted by Crippen LogP contribution is -2.20. The summed E-state index contributed by atoms with van der Waals surface area (Å²) in [6.07, 6.45) is -4.85. The average molecular weight is 374 g/mol. The van der Waals surface area contributed by atoms with Crippen LogP contribution in [-0.4, -0.2) is 27.7 Å². The number of ether oxygens (including phenoxy) is 1. The summed E-state index contributed by atoms with van der Waals surface area (Å²) in [5.41, 5.74) is 0.0899. The van der Waals surface area contributed by atoms with Gasteiger partial charge in [-0.15, -0.1) is 13.2 Å². The number of alkyl halides is 3. The summed E-state index contributed by atoms with van der Waals surface area (Å²) in [7, 11) is -2.50. The second-order valence-electron chi connectivity index (χ2n) is 4.77. The Morgan fingerprint density at radius 1 is 1.08 bits per heavy atom. The van der Waals surface area contributed by atoms with Gasteiger partial charge in [0.15, 0.2) is 0 Å². The van der Waals surface area contributed by atoms with Gasteiger partial charge in [0, 0.05) is 17.3 Å². The molecule has 25 heavy (non-hydrogen) atoms. The highest BCUT2D eigenvalue weighted by atomic mass is 32.2. The minimum atomic E-state index is -4.85. The van der Waals surface area contributed by atoms with Gasteiger partial charge in [-0.05, 0) is 37.4 Å². The van der Waals surface area contributed by atoms with Crippen molar-refractivity contribution < 1.29 is 31.1 Å². The van der Waals surface area contributed by atoms with Gasteiger partial charge >= 0.3 is 6.36 Å². The topological polar surface area (TPSA) is 84.5 Å². The molecule has 0 spiro atoms. The molecule has 134 valence electrons. The molecule has 10 heteroatoms. The molecule has 0 aliphatic heterocycles. The maximum atomic E-state index is 12.2. The number of sulfonamides is 1. The maximum absolute atomic E-state index is 12.2. The number of hydrogen-bond acceptors (Lipinski definition) is 4. The van der Waals surface area contributed by atoms with E-state index in [0.29, 0.717) is 0 Å². The van der Waals surface area contributed by atoms with Crippen LogP contribution >= 0.6 is 0 Å². The predicted octanol–water partition coefficient (Wildman–Crippen LogP) is 2.75. The molecule has 6 nitrogen and oxygen atoms in total. The summed E-state index contributed by atoms with van der Waals surface area (Å²) < 4.78 is 66.0. The van der Waals surface area contributed by atoms with Crippen LogP contribution in [-0.2, 0) is 10.0 Å². The summed E-state index contributed by atoms with van der Waals surface area (Å²) in [6, 6.07) is 9.94. The van der Waals surface area contributed by atoms with Crippen LogP contribution in [0.15, 0.2) is 53.4 Å². The number of nitrogens with one attached hydrogen (secondary N) is 2. The highest BCUT2D eigenvalue weighted by Crippen LogP contribution is 2.25. The van der Waals surface area contributed by atoms with Crippen LogP contribution in [0.2, 0.25) is 0 Å². The molecule has 0 aliphatic carbocycles. The molecule has 0 saturated carbocycles. The van der Waals surface area contributed by atoms with E-state index in [0.717, 1.165) is 18.2 Å². The van der Waals surface area contributed by atoms with Crippen molar-refractivity contribution in [2.75, 3.05) is 12.4 Å². The van der Waals surface area contributed by atoms with E-state index in [1.54, 1.807) is 0 Å². The first-order valence-electron chi connectivity index (χ1n) is 6.81. The summed E-state index contributed by atoms with van der Waals surface area (Å²) in [5, 5.41) is 2.38. The number of amides is 1. The number of carbonyl (C=O) groups excluding carboxylic acids is 1. The van der Waals surface area contributed by atoms with Crippen LogP contribution < -0.4 is 14.8 Å². The van der Waals surface area contributed by atoms with Gasteiger partial charge in [-0.1, -0.05) is 12.1 Å². The van der Waals surface area contributed by atoms with Crippen LogP contribution in [0, 0.1) is 0 Å². The van der Waals surface area contributed by atoms with Crippen molar-refractivity contribution in [2.24, 2.45) is 0 Å². The van der Waals surface area contributed by atoms with Gasteiger partial charge < -0.3 is 10.1 Å². The fraction of sp³-hybridized carbons (Fsp3) is 0.133. The molecule has 0 aliphatic rings. The molecule has 2 aromatic carbocycles. The number of anilines is 1. The fourth-order valence-corrected chi connectivity index (χ4v) is 2.67. The average Bonchev–Trinajstić information content (AvgIpc) is 2.53. The van der Waals surface area contributed by atoms with E-state index < -0.39 is 28.0 Å². The second-order valence-corrected chi connectivity index (χ2v) is 6.65. The zero-order valence-electron chi connectivity index (χ0n) is 12.8. The number of rotatable bonds is 5. The van der Waals surface area contributed by atoms with E-state index in [2.05, 4.69) is 14.8 Å². The van der Waals surface area contributed by atoms with Crippen molar-refractivity contribution in [1.82, 2.24) is 4.72 Å². The largest absolute Gasteiger partial charge is 0.573 e. The lowest BCUT2D eigenvalue weighted by molar-refractivity contribution is -0.274. The molecular formula is C15H13F3N2O4S. The van der Waals surface area contributed by atoms with E-state index in [1.165, 1.54) is 37.4 Å². The first-order valence-corrected chi connectivity index (χ1v) is 8.30. The Hall–Kier alpha value is -2.59. The first kappa shape index (κ1) is 18.7. The Balaban J connectivity index is 2.21. The van der Waals surface area contributed by atoms with Gasteiger partial charge in [0.1, 0.15) is 5.75 Å². The quantitative estimate of drug-likeness (QED) is 0.843.